The van der Waals surface area contributed by atoms with E-state index < -0.39 is 11.4 Å². The van der Waals surface area contributed by atoms with E-state index in [9.17, 15) is 14.7 Å². The molecule has 1 unspecified atom stereocenters. The summed E-state index contributed by atoms with van der Waals surface area (Å²) in [6, 6.07) is 1.61. The number of carboxylic acid groups (broad SMARTS) is 1. The maximum Gasteiger partial charge on any atom is 0.311 e. The van der Waals surface area contributed by atoms with Gasteiger partial charge in [-0.1, -0.05) is 24.9 Å². The molecule has 1 fully saturated rings. The highest BCUT2D eigenvalue weighted by molar-refractivity contribution is 9.10. The Kier molecular flexibility index (Phi) is 4.88. The topological polar surface area (TPSA) is 70.5 Å². The number of rotatable bonds is 4. The molecule has 1 amide bonds. The Labute approximate surface area is 136 Å². The van der Waals surface area contributed by atoms with Gasteiger partial charge in [-0.05, 0) is 34.8 Å². The zero-order valence-electron chi connectivity index (χ0n) is 11.6. The Balaban J connectivity index is 2.22. The standard InChI is InChI=1S/C14H16BrClN2O3/c1-2-3-14(13(20)21)4-5-18(8-14)12(19)10-6-9(15)7-17-11(10)16/h6-7H,2-5,8H2,1H3,(H,20,21). The van der Waals surface area contributed by atoms with E-state index in [1.165, 1.54) is 6.20 Å². The number of aliphatic carboxylic acids is 1. The lowest BCUT2D eigenvalue weighted by Crippen LogP contribution is -2.37. The Morgan fingerprint density at radius 3 is 2.90 bits per heavy atom. The molecule has 0 aromatic carbocycles. The Morgan fingerprint density at radius 1 is 1.57 bits per heavy atom. The summed E-state index contributed by atoms with van der Waals surface area (Å²) in [5, 5.41) is 9.61. The third kappa shape index (κ3) is 3.21. The molecule has 1 aliphatic rings. The number of carbonyl (C=O) groups is 2. The summed E-state index contributed by atoms with van der Waals surface area (Å²) < 4.78 is 0.660. The van der Waals surface area contributed by atoms with E-state index in [2.05, 4.69) is 20.9 Å². The van der Waals surface area contributed by atoms with Crippen molar-refractivity contribution in [3.8, 4) is 0 Å². The summed E-state index contributed by atoms with van der Waals surface area (Å²) >= 11 is 9.23. The van der Waals surface area contributed by atoms with E-state index in [4.69, 9.17) is 11.6 Å². The fourth-order valence-corrected chi connectivity index (χ4v) is 3.27. The zero-order chi connectivity index (χ0) is 15.6. The number of aromatic nitrogens is 1. The molecule has 7 heteroatoms. The van der Waals surface area contributed by atoms with Crippen LogP contribution in [0.5, 0.6) is 0 Å². The first-order valence-corrected chi connectivity index (χ1v) is 7.90. The molecule has 1 atom stereocenters. The van der Waals surface area contributed by atoms with Gasteiger partial charge in [0.1, 0.15) is 5.15 Å². The van der Waals surface area contributed by atoms with Gasteiger partial charge in [-0.15, -0.1) is 0 Å². The molecule has 1 saturated heterocycles. The lowest BCUT2D eigenvalue weighted by atomic mass is 9.83. The van der Waals surface area contributed by atoms with Crippen LogP contribution in [0.1, 0.15) is 36.5 Å². The van der Waals surface area contributed by atoms with Crippen molar-refractivity contribution in [1.82, 2.24) is 9.88 Å². The number of carbonyl (C=O) groups excluding carboxylic acids is 1. The van der Waals surface area contributed by atoms with Gasteiger partial charge in [0.15, 0.2) is 0 Å². The largest absolute Gasteiger partial charge is 0.481 e. The smallest absolute Gasteiger partial charge is 0.311 e. The van der Waals surface area contributed by atoms with E-state index in [1.54, 1.807) is 11.0 Å². The summed E-state index contributed by atoms with van der Waals surface area (Å²) in [6.07, 6.45) is 3.33. The molecule has 0 spiro atoms. The summed E-state index contributed by atoms with van der Waals surface area (Å²) in [5.41, 5.74) is -0.542. The van der Waals surface area contributed by atoms with Crippen LogP contribution in [0.25, 0.3) is 0 Å². The number of halogens is 2. The first kappa shape index (κ1) is 16.2. The quantitative estimate of drug-likeness (QED) is 0.820. The number of pyridine rings is 1. The molecule has 0 radical (unpaired) electrons. The van der Waals surface area contributed by atoms with Crippen LogP contribution in [0.2, 0.25) is 5.15 Å². The molecule has 2 heterocycles. The molecular weight excluding hydrogens is 360 g/mol. The molecule has 2 rings (SSSR count). The van der Waals surface area contributed by atoms with Gasteiger partial charge in [0, 0.05) is 23.8 Å². The summed E-state index contributed by atoms with van der Waals surface area (Å²) in [7, 11) is 0. The van der Waals surface area contributed by atoms with Crippen LogP contribution < -0.4 is 0 Å². The van der Waals surface area contributed by atoms with Crippen LogP contribution in [0.4, 0.5) is 0 Å². The van der Waals surface area contributed by atoms with E-state index in [-0.39, 0.29) is 17.6 Å². The fourth-order valence-electron chi connectivity index (χ4n) is 2.75. The van der Waals surface area contributed by atoms with Crippen molar-refractivity contribution >= 4 is 39.4 Å². The number of likely N-dealkylation sites (tertiary alicyclic amines) is 1. The number of amides is 1. The summed E-state index contributed by atoms with van der Waals surface area (Å²) in [5.74, 6) is -1.11. The maximum atomic E-state index is 12.5. The predicted molar refractivity (Wildman–Crippen MR) is 82.4 cm³/mol. The molecule has 5 nitrogen and oxygen atoms in total. The molecule has 0 aliphatic carbocycles. The molecule has 1 N–H and O–H groups in total. The average Bonchev–Trinajstić information content (AvgIpc) is 2.87. The van der Waals surface area contributed by atoms with Crippen molar-refractivity contribution in [1.29, 1.82) is 0 Å². The van der Waals surface area contributed by atoms with E-state index >= 15 is 0 Å². The van der Waals surface area contributed by atoms with Crippen molar-refractivity contribution in [2.45, 2.75) is 26.2 Å². The van der Waals surface area contributed by atoms with E-state index in [0.717, 1.165) is 6.42 Å². The normalized spacial score (nSPS) is 21.6. The molecule has 0 bridgehead atoms. The van der Waals surface area contributed by atoms with Crippen molar-refractivity contribution in [2.24, 2.45) is 5.41 Å². The Morgan fingerprint density at radius 2 is 2.29 bits per heavy atom. The first-order valence-electron chi connectivity index (χ1n) is 6.73. The van der Waals surface area contributed by atoms with Gasteiger partial charge >= 0.3 is 5.97 Å². The molecule has 1 aliphatic heterocycles. The lowest BCUT2D eigenvalue weighted by molar-refractivity contribution is -0.148. The second-order valence-electron chi connectivity index (χ2n) is 5.30. The van der Waals surface area contributed by atoms with Crippen LogP contribution in [0.15, 0.2) is 16.7 Å². The highest BCUT2D eigenvalue weighted by Gasteiger charge is 2.45. The van der Waals surface area contributed by atoms with Crippen LogP contribution >= 0.6 is 27.5 Å². The van der Waals surface area contributed by atoms with E-state index in [0.29, 0.717) is 29.4 Å². The summed E-state index contributed by atoms with van der Waals surface area (Å²) in [6.45, 7) is 2.59. The number of carboxylic acids is 1. The third-order valence-corrected chi connectivity index (χ3v) is 4.59. The third-order valence-electron chi connectivity index (χ3n) is 3.86. The highest BCUT2D eigenvalue weighted by Crippen LogP contribution is 2.36. The maximum absolute atomic E-state index is 12.5. The van der Waals surface area contributed by atoms with Gasteiger partial charge in [-0.25, -0.2) is 4.98 Å². The number of hydrogen-bond donors (Lipinski definition) is 1. The second kappa shape index (κ2) is 6.32. The van der Waals surface area contributed by atoms with Gasteiger partial charge < -0.3 is 10.0 Å². The molecule has 0 saturated carbocycles. The van der Waals surface area contributed by atoms with Crippen LogP contribution in [0.3, 0.4) is 0 Å². The molecule has 1 aromatic rings. The van der Waals surface area contributed by atoms with E-state index in [1.807, 2.05) is 6.92 Å². The van der Waals surface area contributed by atoms with Crippen molar-refractivity contribution in [3.05, 3.63) is 27.5 Å². The van der Waals surface area contributed by atoms with Gasteiger partial charge in [0.25, 0.3) is 5.91 Å². The minimum Gasteiger partial charge on any atom is -0.481 e. The SMILES string of the molecule is CCCC1(C(=O)O)CCN(C(=O)c2cc(Br)cnc2Cl)C1. The minimum atomic E-state index is -0.837. The van der Waals surface area contributed by atoms with Crippen molar-refractivity contribution in [3.63, 3.8) is 0 Å². The average molecular weight is 376 g/mol. The minimum absolute atomic E-state index is 0.131. The second-order valence-corrected chi connectivity index (χ2v) is 6.58. The van der Waals surface area contributed by atoms with Gasteiger partial charge in [0.2, 0.25) is 0 Å². The molecular formula is C14H16BrClN2O3. The molecule has 1 aromatic heterocycles. The molecule has 114 valence electrons. The van der Waals surface area contributed by atoms with Crippen LogP contribution in [-0.2, 0) is 4.79 Å². The summed E-state index contributed by atoms with van der Waals surface area (Å²) in [4.78, 5) is 29.6. The van der Waals surface area contributed by atoms with Crippen molar-refractivity contribution < 1.29 is 14.7 Å². The Bertz CT molecular complexity index is 581. The van der Waals surface area contributed by atoms with Gasteiger partial charge in [-0.2, -0.15) is 0 Å². The van der Waals surface area contributed by atoms with Gasteiger partial charge in [-0.3, -0.25) is 9.59 Å². The first-order chi connectivity index (χ1) is 9.89. The number of hydrogen-bond acceptors (Lipinski definition) is 3. The van der Waals surface area contributed by atoms with Crippen LogP contribution in [-0.4, -0.2) is 40.0 Å². The number of nitrogens with zero attached hydrogens (tertiary/aromatic N) is 2. The molecule has 21 heavy (non-hydrogen) atoms. The highest BCUT2D eigenvalue weighted by atomic mass is 79.9. The van der Waals surface area contributed by atoms with Crippen LogP contribution in [0, 0.1) is 5.41 Å². The lowest BCUT2D eigenvalue weighted by Gasteiger charge is -2.24. The monoisotopic (exact) mass is 374 g/mol. The fraction of sp³-hybridized carbons (Fsp3) is 0.500. The predicted octanol–water partition coefficient (Wildman–Crippen LogP) is 3.21. The van der Waals surface area contributed by atoms with Crippen molar-refractivity contribution in [2.75, 3.05) is 13.1 Å². The Hall–Kier alpha value is -1.14. The zero-order valence-corrected chi connectivity index (χ0v) is 13.9. The van der Waals surface area contributed by atoms with Gasteiger partial charge in [0.05, 0.1) is 11.0 Å².